The molecule has 0 fully saturated rings. The molecule has 0 aliphatic heterocycles. The van der Waals surface area contributed by atoms with Crippen LogP contribution in [0.3, 0.4) is 0 Å². The van der Waals surface area contributed by atoms with Crippen LogP contribution < -0.4 is 9.47 Å². The Labute approximate surface area is 134 Å². The lowest BCUT2D eigenvalue weighted by molar-refractivity contribution is -0.264. The van der Waals surface area contributed by atoms with Crippen molar-refractivity contribution in [3.63, 3.8) is 0 Å². The molecule has 130 valence electrons. The number of ether oxygens (including phenoxy) is 3. The number of hydrogen-bond acceptors (Lipinski definition) is 8. The second-order valence-corrected chi connectivity index (χ2v) is 5.08. The van der Waals surface area contributed by atoms with E-state index >= 15 is 0 Å². The van der Waals surface area contributed by atoms with Gasteiger partial charge in [0.1, 0.15) is 12.0 Å². The molecule has 0 spiro atoms. The number of carbonyl (C=O) groups is 1. The van der Waals surface area contributed by atoms with Gasteiger partial charge in [-0.25, -0.2) is 0 Å². The smallest absolute Gasteiger partial charge is 0.417 e. The lowest BCUT2D eigenvalue weighted by Crippen LogP contribution is -2.45. The van der Waals surface area contributed by atoms with E-state index < -0.39 is 24.2 Å². The highest BCUT2D eigenvalue weighted by molar-refractivity contribution is 7.94. The first-order chi connectivity index (χ1) is 10.6. The molecule has 1 aromatic rings. The maximum atomic E-state index is 12.8. The highest BCUT2D eigenvalue weighted by Gasteiger charge is 2.53. The Morgan fingerprint density at radius 1 is 1.17 bits per heavy atom. The molecule has 0 aliphatic rings. The van der Waals surface area contributed by atoms with Crippen molar-refractivity contribution in [3.05, 3.63) is 6.07 Å². The minimum Gasteiger partial charge on any atom is -0.481 e. The Morgan fingerprint density at radius 2 is 1.70 bits per heavy atom. The molecule has 1 atom stereocenters. The Hall–Kier alpha value is -1.75. The van der Waals surface area contributed by atoms with E-state index in [1.54, 1.807) is 0 Å². The average Bonchev–Trinajstić information content (AvgIpc) is 2.51. The van der Waals surface area contributed by atoms with Gasteiger partial charge < -0.3 is 18.4 Å². The highest BCUT2D eigenvalue weighted by atomic mass is 32.2. The lowest BCUT2D eigenvalue weighted by atomic mass is 10.0. The molecule has 1 unspecified atom stereocenters. The molecule has 1 heterocycles. The van der Waals surface area contributed by atoms with E-state index in [1.807, 2.05) is 0 Å². The number of methoxy groups -OCH3 is 3. The van der Waals surface area contributed by atoms with Crippen molar-refractivity contribution < 1.29 is 36.4 Å². The number of rotatable bonds is 7. The number of nitrogens with zero attached hydrogens (tertiary/aromatic N) is 2. The molecule has 0 N–H and O–H groups in total. The molecule has 0 radical (unpaired) electrons. The van der Waals surface area contributed by atoms with Crippen LogP contribution >= 0.6 is 12.0 Å². The van der Waals surface area contributed by atoms with Crippen LogP contribution in [0.2, 0.25) is 0 Å². The summed E-state index contributed by atoms with van der Waals surface area (Å²) in [4.78, 5) is 19.3. The Morgan fingerprint density at radius 3 is 2.09 bits per heavy atom. The fourth-order valence-corrected chi connectivity index (χ4v) is 1.79. The van der Waals surface area contributed by atoms with Crippen LogP contribution in [0, 0.1) is 0 Å². The summed E-state index contributed by atoms with van der Waals surface area (Å²) in [5.74, 6) is -0.845. The standard InChI is InChI=1S/C12H15F3N2O5S/c1-11(21-4,12(13,14)15)6-9(18)22-23-10-16-7(19-2)5-8(17-10)20-3/h5H,6H2,1-4H3. The van der Waals surface area contributed by atoms with Crippen LogP contribution in [0.4, 0.5) is 13.2 Å². The van der Waals surface area contributed by atoms with E-state index in [-0.39, 0.29) is 16.9 Å². The van der Waals surface area contributed by atoms with E-state index in [1.165, 1.54) is 20.3 Å². The molecule has 23 heavy (non-hydrogen) atoms. The summed E-state index contributed by atoms with van der Waals surface area (Å²) in [7, 11) is 3.58. The number of alkyl halides is 3. The third-order valence-electron chi connectivity index (χ3n) is 2.82. The average molecular weight is 356 g/mol. The molecule has 7 nitrogen and oxygen atoms in total. The molecule has 0 aliphatic carbocycles. The summed E-state index contributed by atoms with van der Waals surface area (Å²) < 4.78 is 57.3. The molecule has 1 rings (SSSR count). The number of aromatic nitrogens is 2. The Bertz CT molecular complexity index is 536. The third-order valence-corrected chi connectivity index (χ3v) is 3.42. The maximum Gasteiger partial charge on any atom is 0.417 e. The van der Waals surface area contributed by atoms with E-state index in [9.17, 15) is 18.0 Å². The number of carbonyl (C=O) groups excluding carboxylic acids is 1. The molecule has 0 saturated heterocycles. The zero-order valence-corrected chi connectivity index (χ0v) is 13.6. The molecular weight excluding hydrogens is 341 g/mol. The van der Waals surface area contributed by atoms with Gasteiger partial charge in [-0.2, -0.15) is 23.1 Å². The molecule has 11 heteroatoms. The summed E-state index contributed by atoms with van der Waals surface area (Å²) in [6.45, 7) is 0.754. The second-order valence-electron chi connectivity index (χ2n) is 4.38. The van der Waals surface area contributed by atoms with Crippen molar-refractivity contribution in [3.8, 4) is 11.8 Å². The van der Waals surface area contributed by atoms with E-state index in [0.29, 0.717) is 12.0 Å². The van der Waals surface area contributed by atoms with Crippen molar-refractivity contribution in [1.29, 1.82) is 0 Å². The van der Waals surface area contributed by atoms with Crippen molar-refractivity contribution in [1.82, 2.24) is 9.97 Å². The first-order valence-corrected chi connectivity index (χ1v) is 6.85. The maximum absolute atomic E-state index is 12.8. The van der Waals surface area contributed by atoms with E-state index in [2.05, 4.69) is 18.9 Å². The van der Waals surface area contributed by atoms with E-state index in [0.717, 1.165) is 14.0 Å². The topological polar surface area (TPSA) is 79.8 Å². The predicted molar refractivity (Wildman–Crippen MR) is 73.2 cm³/mol. The molecule has 0 saturated carbocycles. The summed E-state index contributed by atoms with van der Waals surface area (Å²) in [5, 5.41) is -0.0549. The second kappa shape index (κ2) is 7.68. The Balaban J connectivity index is 2.73. The fourth-order valence-electron chi connectivity index (χ4n) is 1.31. The zero-order chi connectivity index (χ0) is 17.7. The molecular formula is C12H15F3N2O5S. The fraction of sp³-hybridized carbons (Fsp3) is 0.583. The van der Waals surface area contributed by atoms with Gasteiger partial charge in [0.25, 0.3) is 0 Å². The summed E-state index contributed by atoms with van der Waals surface area (Å²) in [6.07, 6.45) is -5.73. The van der Waals surface area contributed by atoms with Gasteiger partial charge in [-0.05, 0) is 6.92 Å². The number of hydrogen-bond donors (Lipinski definition) is 0. The monoisotopic (exact) mass is 356 g/mol. The minimum absolute atomic E-state index is 0.0549. The van der Waals surface area contributed by atoms with Gasteiger partial charge in [0.2, 0.25) is 16.9 Å². The quantitative estimate of drug-likeness (QED) is 0.544. The lowest BCUT2D eigenvalue weighted by Gasteiger charge is -2.29. The Kier molecular flexibility index (Phi) is 6.45. The molecule has 0 bridgehead atoms. The summed E-state index contributed by atoms with van der Waals surface area (Å²) >= 11 is 0.395. The zero-order valence-electron chi connectivity index (χ0n) is 12.8. The van der Waals surface area contributed by atoms with Crippen LogP contribution in [0.25, 0.3) is 0 Å². The molecule has 1 aromatic heterocycles. The minimum atomic E-state index is -4.72. The predicted octanol–water partition coefficient (Wildman–Crippen LogP) is 2.40. The van der Waals surface area contributed by atoms with Gasteiger partial charge in [0, 0.05) is 7.11 Å². The first kappa shape index (κ1) is 19.3. The molecule has 0 aromatic carbocycles. The van der Waals surface area contributed by atoms with Gasteiger partial charge >= 0.3 is 12.1 Å². The van der Waals surface area contributed by atoms with Crippen LogP contribution in [0.1, 0.15) is 13.3 Å². The van der Waals surface area contributed by atoms with Gasteiger partial charge in [-0.3, -0.25) is 4.79 Å². The van der Waals surface area contributed by atoms with Crippen LogP contribution in [-0.2, 0) is 13.7 Å². The van der Waals surface area contributed by atoms with Gasteiger partial charge in [0.05, 0.1) is 26.7 Å². The summed E-state index contributed by atoms with van der Waals surface area (Å²) in [5.41, 5.74) is -2.64. The number of halogens is 3. The van der Waals surface area contributed by atoms with Crippen molar-refractivity contribution >= 4 is 18.0 Å². The van der Waals surface area contributed by atoms with Crippen LogP contribution in [-0.4, -0.2) is 49.0 Å². The largest absolute Gasteiger partial charge is 0.481 e. The SMILES string of the molecule is COc1cc(OC)nc(SOC(=O)CC(C)(OC)C(F)(F)F)n1. The first-order valence-electron chi connectivity index (χ1n) is 6.11. The van der Waals surface area contributed by atoms with E-state index in [4.69, 9.17) is 9.47 Å². The van der Waals surface area contributed by atoms with Gasteiger partial charge in [0.15, 0.2) is 5.60 Å². The summed E-state index contributed by atoms with van der Waals surface area (Å²) in [6, 6.07) is 1.39. The van der Waals surface area contributed by atoms with Crippen LogP contribution in [0.15, 0.2) is 11.2 Å². The third kappa shape index (κ3) is 5.13. The highest BCUT2D eigenvalue weighted by Crippen LogP contribution is 2.36. The van der Waals surface area contributed by atoms with Gasteiger partial charge in [-0.1, -0.05) is 0 Å². The van der Waals surface area contributed by atoms with Crippen LogP contribution in [0.5, 0.6) is 11.8 Å². The van der Waals surface area contributed by atoms with Crippen molar-refractivity contribution in [2.24, 2.45) is 0 Å². The normalized spacial score (nSPS) is 14.0. The molecule has 0 amide bonds. The van der Waals surface area contributed by atoms with Gasteiger partial charge in [-0.15, -0.1) is 0 Å². The van der Waals surface area contributed by atoms with Crippen molar-refractivity contribution in [2.45, 2.75) is 30.3 Å². The van der Waals surface area contributed by atoms with Crippen molar-refractivity contribution in [2.75, 3.05) is 21.3 Å².